The summed E-state index contributed by atoms with van der Waals surface area (Å²) in [5.41, 5.74) is 0.661. The number of benzene rings is 1. The first-order valence-corrected chi connectivity index (χ1v) is 5.55. The minimum absolute atomic E-state index is 0.0440. The van der Waals surface area contributed by atoms with Gasteiger partial charge in [-0.3, -0.25) is 4.79 Å². The van der Waals surface area contributed by atoms with Gasteiger partial charge in [0.1, 0.15) is 0 Å². The number of aliphatic carboxylic acids is 1. The predicted molar refractivity (Wildman–Crippen MR) is 68.4 cm³/mol. The lowest BCUT2D eigenvalue weighted by molar-refractivity contribution is -0.138. The molecule has 0 fully saturated rings. The van der Waals surface area contributed by atoms with Gasteiger partial charge in [-0.05, 0) is 5.56 Å². The van der Waals surface area contributed by atoms with Crippen LogP contribution in [-0.4, -0.2) is 30.2 Å². The number of hydrogen-bond donors (Lipinski definition) is 3. The molecular weight excluding hydrogens is 232 g/mol. The Kier molecular flexibility index (Phi) is 5.44. The van der Waals surface area contributed by atoms with Crippen molar-refractivity contribution in [1.82, 2.24) is 10.6 Å². The first-order valence-electron chi connectivity index (χ1n) is 5.55. The number of carbonyl (C=O) groups is 2. The van der Waals surface area contributed by atoms with E-state index in [1.165, 1.54) is 0 Å². The number of carboxylic acid groups (broad SMARTS) is 1. The number of rotatable bonds is 6. The van der Waals surface area contributed by atoms with Gasteiger partial charge in [0.15, 0.2) is 0 Å². The van der Waals surface area contributed by atoms with E-state index in [9.17, 15) is 9.59 Å². The van der Waals surface area contributed by atoms with Crippen LogP contribution in [0.3, 0.4) is 0 Å². The van der Waals surface area contributed by atoms with E-state index in [1.54, 1.807) is 30.3 Å². The molecule has 1 aromatic rings. The van der Waals surface area contributed by atoms with Crippen LogP contribution in [0, 0.1) is 0 Å². The SMILES string of the molecule is C=CCNC(=O)NCC(C(=O)O)c1ccccc1. The van der Waals surface area contributed by atoms with Crippen LogP contribution < -0.4 is 10.6 Å². The molecule has 5 heteroatoms. The Morgan fingerprint density at radius 1 is 1.28 bits per heavy atom. The highest BCUT2D eigenvalue weighted by Gasteiger charge is 2.19. The molecule has 0 aromatic heterocycles. The summed E-state index contributed by atoms with van der Waals surface area (Å²) in [5, 5.41) is 14.2. The Labute approximate surface area is 106 Å². The van der Waals surface area contributed by atoms with Crippen molar-refractivity contribution in [2.45, 2.75) is 5.92 Å². The number of nitrogens with one attached hydrogen (secondary N) is 2. The molecule has 0 aliphatic heterocycles. The molecule has 0 saturated heterocycles. The van der Waals surface area contributed by atoms with Gasteiger partial charge in [0.05, 0.1) is 5.92 Å². The van der Waals surface area contributed by atoms with Crippen LogP contribution in [0.1, 0.15) is 11.5 Å². The second-order valence-corrected chi connectivity index (χ2v) is 3.68. The highest BCUT2D eigenvalue weighted by Crippen LogP contribution is 2.14. The maximum atomic E-state index is 11.3. The molecular formula is C13H16N2O3. The van der Waals surface area contributed by atoms with Gasteiger partial charge in [-0.15, -0.1) is 6.58 Å². The van der Waals surface area contributed by atoms with Crippen molar-refractivity contribution in [3.63, 3.8) is 0 Å². The summed E-state index contributed by atoms with van der Waals surface area (Å²) in [6.07, 6.45) is 1.55. The lowest BCUT2D eigenvalue weighted by Gasteiger charge is -2.13. The van der Waals surface area contributed by atoms with Gasteiger partial charge in [-0.25, -0.2) is 4.79 Å². The molecule has 18 heavy (non-hydrogen) atoms. The van der Waals surface area contributed by atoms with Crippen LogP contribution in [0.2, 0.25) is 0 Å². The zero-order chi connectivity index (χ0) is 13.4. The van der Waals surface area contributed by atoms with Crippen molar-refractivity contribution in [2.24, 2.45) is 0 Å². The third-order valence-electron chi connectivity index (χ3n) is 2.37. The van der Waals surface area contributed by atoms with Gasteiger partial charge in [-0.2, -0.15) is 0 Å². The quantitative estimate of drug-likeness (QED) is 0.665. The van der Waals surface area contributed by atoms with Crippen LogP contribution in [0.15, 0.2) is 43.0 Å². The normalized spacial score (nSPS) is 11.3. The Morgan fingerprint density at radius 3 is 2.50 bits per heavy atom. The highest BCUT2D eigenvalue weighted by atomic mass is 16.4. The first kappa shape index (κ1) is 13.8. The van der Waals surface area contributed by atoms with Crippen LogP contribution >= 0.6 is 0 Å². The predicted octanol–water partition coefficient (Wildman–Crippen LogP) is 1.34. The topological polar surface area (TPSA) is 78.4 Å². The Hall–Kier alpha value is -2.30. The van der Waals surface area contributed by atoms with E-state index in [-0.39, 0.29) is 6.54 Å². The second kappa shape index (κ2) is 7.11. The van der Waals surface area contributed by atoms with Crippen molar-refractivity contribution in [3.8, 4) is 0 Å². The van der Waals surface area contributed by atoms with Gasteiger partial charge in [-0.1, -0.05) is 36.4 Å². The van der Waals surface area contributed by atoms with Gasteiger partial charge < -0.3 is 15.7 Å². The van der Waals surface area contributed by atoms with E-state index in [2.05, 4.69) is 17.2 Å². The second-order valence-electron chi connectivity index (χ2n) is 3.68. The summed E-state index contributed by atoms with van der Waals surface area (Å²) in [5.74, 6) is -1.72. The zero-order valence-corrected chi connectivity index (χ0v) is 9.93. The molecule has 5 nitrogen and oxygen atoms in total. The van der Waals surface area contributed by atoms with Gasteiger partial charge in [0.25, 0.3) is 0 Å². The van der Waals surface area contributed by atoms with Crippen LogP contribution in [0.4, 0.5) is 4.79 Å². The molecule has 0 aliphatic rings. The number of carboxylic acids is 1. The largest absolute Gasteiger partial charge is 0.481 e. The summed E-state index contributed by atoms with van der Waals surface area (Å²) in [6.45, 7) is 3.85. The Balaban J connectivity index is 2.57. The third kappa shape index (κ3) is 4.29. The Bertz CT molecular complexity index is 418. The summed E-state index contributed by atoms with van der Waals surface area (Å²) in [4.78, 5) is 22.4. The van der Waals surface area contributed by atoms with Gasteiger partial charge >= 0.3 is 12.0 Å². The van der Waals surface area contributed by atoms with Gasteiger partial charge in [0, 0.05) is 13.1 Å². The molecule has 1 aromatic carbocycles. The minimum Gasteiger partial charge on any atom is -0.481 e. The van der Waals surface area contributed by atoms with E-state index < -0.39 is 17.9 Å². The minimum atomic E-state index is -0.967. The molecule has 0 saturated carbocycles. The molecule has 1 unspecified atom stereocenters. The molecule has 0 aliphatic carbocycles. The average molecular weight is 248 g/mol. The van der Waals surface area contributed by atoms with Crippen molar-refractivity contribution < 1.29 is 14.7 Å². The molecule has 0 radical (unpaired) electrons. The highest BCUT2D eigenvalue weighted by molar-refractivity contribution is 5.79. The molecule has 1 atom stereocenters. The molecule has 2 amide bonds. The lowest BCUT2D eigenvalue weighted by Crippen LogP contribution is -2.39. The zero-order valence-electron chi connectivity index (χ0n) is 9.93. The number of amides is 2. The van der Waals surface area contributed by atoms with Crippen molar-refractivity contribution in [3.05, 3.63) is 48.6 Å². The summed E-state index contributed by atoms with van der Waals surface area (Å²) >= 11 is 0. The number of urea groups is 1. The average Bonchev–Trinajstić information content (AvgIpc) is 2.37. The molecule has 0 spiro atoms. The fourth-order valence-electron chi connectivity index (χ4n) is 1.46. The van der Waals surface area contributed by atoms with E-state index in [0.717, 1.165) is 0 Å². The standard InChI is InChI=1S/C13H16N2O3/c1-2-8-14-13(18)15-9-11(12(16)17)10-6-4-3-5-7-10/h2-7,11H,1,8-9H2,(H,16,17)(H2,14,15,18). The third-order valence-corrected chi connectivity index (χ3v) is 2.37. The summed E-state index contributed by atoms with van der Waals surface area (Å²) in [6, 6.07) is 8.39. The van der Waals surface area contributed by atoms with Gasteiger partial charge in [0.2, 0.25) is 0 Å². The fourth-order valence-corrected chi connectivity index (χ4v) is 1.46. The molecule has 0 heterocycles. The molecule has 1 rings (SSSR count). The number of carbonyl (C=O) groups excluding carboxylic acids is 1. The fraction of sp³-hybridized carbons (Fsp3) is 0.231. The van der Waals surface area contributed by atoms with E-state index in [0.29, 0.717) is 12.1 Å². The summed E-state index contributed by atoms with van der Waals surface area (Å²) < 4.78 is 0. The summed E-state index contributed by atoms with van der Waals surface area (Å²) in [7, 11) is 0. The number of hydrogen-bond acceptors (Lipinski definition) is 2. The van der Waals surface area contributed by atoms with Crippen molar-refractivity contribution in [1.29, 1.82) is 0 Å². The van der Waals surface area contributed by atoms with E-state index in [1.807, 2.05) is 6.07 Å². The first-order chi connectivity index (χ1) is 8.65. The lowest BCUT2D eigenvalue weighted by atomic mass is 9.99. The maximum absolute atomic E-state index is 11.3. The smallest absolute Gasteiger partial charge is 0.315 e. The molecule has 0 bridgehead atoms. The molecule has 3 N–H and O–H groups in total. The monoisotopic (exact) mass is 248 g/mol. The van der Waals surface area contributed by atoms with Crippen LogP contribution in [-0.2, 0) is 4.79 Å². The van der Waals surface area contributed by atoms with E-state index >= 15 is 0 Å². The van der Waals surface area contributed by atoms with Crippen molar-refractivity contribution in [2.75, 3.05) is 13.1 Å². The van der Waals surface area contributed by atoms with Crippen LogP contribution in [0.25, 0.3) is 0 Å². The van der Waals surface area contributed by atoms with E-state index in [4.69, 9.17) is 5.11 Å². The van der Waals surface area contributed by atoms with Crippen LogP contribution in [0.5, 0.6) is 0 Å². The van der Waals surface area contributed by atoms with Crippen molar-refractivity contribution >= 4 is 12.0 Å². The molecule has 96 valence electrons. The maximum Gasteiger partial charge on any atom is 0.315 e. The Morgan fingerprint density at radius 2 is 1.94 bits per heavy atom.